The van der Waals surface area contributed by atoms with Gasteiger partial charge in [-0.2, -0.15) is 5.21 Å². The minimum absolute atomic E-state index is 0.414. The Kier molecular flexibility index (Phi) is 3.55. The van der Waals surface area contributed by atoms with Gasteiger partial charge >= 0.3 is 0 Å². The second-order valence-electron chi connectivity index (χ2n) is 4.60. The number of anilines is 1. The lowest BCUT2D eigenvalue weighted by Crippen LogP contribution is -2.09. The first-order valence-electron chi connectivity index (χ1n) is 6.30. The van der Waals surface area contributed by atoms with Gasteiger partial charge in [-0.15, -0.1) is 10.2 Å². The average molecular weight is 316 g/mol. The number of pyridine rings is 1. The smallest absolute Gasteiger partial charge is 0.229 e. The number of aromatic nitrogens is 5. The van der Waals surface area contributed by atoms with Crippen LogP contribution in [0.4, 0.5) is 5.69 Å². The molecule has 9 heteroatoms. The summed E-state index contributed by atoms with van der Waals surface area (Å²) in [7, 11) is -3.28. The van der Waals surface area contributed by atoms with Crippen molar-refractivity contribution in [3.05, 3.63) is 42.5 Å². The molecule has 0 fully saturated rings. The van der Waals surface area contributed by atoms with Crippen molar-refractivity contribution >= 4 is 15.7 Å². The molecule has 0 amide bonds. The van der Waals surface area contributed by atoms with E-state index in [4.69, 9.17) is 0 Å². The second-order valence-corrected chi connectivity index (χ2v) is 6.34. The van der Waals surface area contributed by atoms with Crippen LogP contribution in [0, 0.1) is 0 Å². The first kappa shape index (κ1) is 14.1. The number of sulfonamides is 1. The number of benzene rings is 1. The van der Waals surface area contributed by atoms with Crippen LogP contribution in [0.25, 0.3) is 22.8 Å². The molecule has 2 heterocycles. The summed E-state index contributed by atoms with van der Waals surface area (Å²) in [5.41, 5.74) is 2.68. The standard InChI is InChI=1S/C13H12N6O2S/c1-22(20,21)17-10-7-5-9(6-8-10)11-3-2-4-12(14-11)13-15-18-19-16-13/h2-8,17H,1H3,(H,15,16,18,19). The highest BCUT2D eigenvalue weighted by Gasteiger charge is 2.07. The van der Waals surface area contributed by atoms with Gasteiger partial charge < -0.3 is 0 Å². The lowest BCUT2D eigenvalue weighted by Gasteiger charge is -2.06. The van der Waals surface area contributed by atoms with Crippen LogP contribution < -0.4 is 4.72 Å². The second kappa shape index (κ2) is 5.53. The Bertz CT molecular complexity index is 875. The third kappa shape index (κ3) is 3.26. The van der Waals surface area contributed by atoms with Gasteiger partial charge in [-0.3, -0.25) is 4.72 Å². The van der Waals surface area contributed by atoms with Crippen LogP contribution in [0.3, 0.4) is 0 Å². The number of nitrogens with zero attached hydrogens (tertiary/aromatic N) is 4. The molecule has 0 saturated heterocycles. The number of hydrogen-bond acceptors (Lipinski definition) is 6. The Balaban J connectivity index is 1.90. The van der Waals surface area contributed by atoms with E-state index in [9.17, 15) is 8.42 Å². The van der Waals surface area contributed by atoms with Crippen molar-refractivity contribution in [1.82, 2.24) is 25.6 Å². The minimum Gasteiger partial charge on any atom is -0.284 e. The maximum absolute atomic E-state index is 11.2. The SMILES string of the molecule is CS(=O)(=O)Nc1ccc(-c2cccc(-c3nn[nH]n3)n2)cc1. The van der Waals surface area contributed by atoms with Crippen LogP contribution in [0.15, 0.2) is 42.5 Å². The van der Waals surface area contributed by atoms with Crippen molar-refractivity contribution < 1.29 is 8.42 Å². The first-order valence-corrected chi connectivity index (χ1v) is 8.19. The topological polar surface area (TPSA) is 114 Å². The largest absolute Gasteiger partial charge is 0.284 e. The number of H-pyrrole nitrogens is 1. The van der Waals surface area contributed by atoms with Crippen LogP contribution >= 0.6 is 0 Å². The number of tetrazole rings is 1. The summed E-state index contributed by atoms with van der Waals surface area (Å²) in [4.78, 5) is 4.47. The van der Waals surface area contributed by atoms with Crippen LogP contribution in [0.5, 0.6) is 0 Å². The zero-order valence-corrected chi connectivity index (χ0v) is 12.4. The van der Waals surface area contributed by atoms with E-state index in [0.29, 0.717) is 17.2 Å². The Morgan fingerprint density at radius 2 is 1.77 bits per heavy atom. The molecule has 0 unspecified atom stereocenters. The molecule has 22 heavy (non-hydrogen) atoms. The fourth-order valence-electron chi connectivity index (χ4n) is 1.91. The normalized spacial score (nSPS) is 11.3. The van der Waals surface area contributed by atoms with Gasteiger partial charge in [-0.05, 0) is 29.5 Å². The van der Waals surface area contributed by atoms with Gasteiger partial charge in [-0.1, -0.05) is 18.2 Å². The molecule has 2 aromatic heterocycles. The number of rotatable bonds is 4. The predicted octanol–water partition coefficient (Wildman–Crippen LogP) is 1.30. The summed E-state index contributed by atoms with van der Waals surface area (Å²) in [6.07, 6.45) is 1.11. The van der Waals surface area contributed by atoms with Crippen LogP contribution in [-0.2, 0) is 10.0 Å². The van der Waals surface area contributed by atoms with Gasteiger partial charge in [0.2, 0.25) is 15.8 Å². The molecule has 8 nitrogen and oxygen atoms in total. The van der Waals surface area contributed by atoms with Gasteiger partial charge in [0.15, 0.2) is 0 Å². The van der Waals surface area contributed by atoms with Crippen molar-refractivity contribution in [1.29, 1.82) is 0 Å². The number of nitrogens with one attached hydrogen (secondary N) is 2. The van der Waals surface area contributed by atoms with E-state index in [-0.39, 0.29) is 0 Å². The zero-order chi connectivity index (χ0) is 15.6. The van der Waals surface area contributed by atoms with Crippen molar-refractivity contribution in [2.24, 2.45) is 0 Å². The lowest BCUT2D eigenvalue weighted by molar-refractivity contribution is 0.607. The van der Waals surface area contributed by atoms with E-state index in [2.05, 4.69) is 30.3 Å². The van der Waals surface area contributed by atoms with Crippen molar-refractivity contribution in [2.75, 3.05) is 11.0 Å². The molecule has 1 aromatic carbocycles. The molecule has 3 rings (SSSR count). The zero-order valence-electron chi connectivity index (χ0n) is 11.6. The Morgan fingerprint density at radius 1 is 1.05 bits per heavy atom. The Hall–Kier alpha value is -2.81. The molecule has 112 valence electrons. The number of aromatic amines is 1. The maximum atomic E-state index is 11.2. The van der Waals surface area contributed by atoms with Crippen LogP contribution in [0.2, 0.25) is 0 Å². The third-order valence-electron chi connectivity index (χ3n) is 2.81. The minimum atomic E-state index is -3.28. The molecule has 0 aliphatic carbocycles. The number of hydrogen-bond donors (Lipinski definition) is 2. The lowest BCUT2D eigenvalue weighted by atomic mass is 10.1. The van der Waals surface area contributed by atoms with E-state index < -0.39 is 10.0 Å². The summed E-state index contributed by atoms with van der Waals surface area (Å²) in [6.45, 7) is 0. The summed E-state index contributed by atoms with van der Waals surface area (Å²) < 4.78 is 24.8. The van der Waals surface area contributed by atoms with Crippen molar-refractivity contribution in [2.45, 2.75) is 0 Å². The molecular weight excluding hydrogens is 304 g/mol. The predicted molar refractivity (Wildman–Crippen MR) is 81.3 cm³/mol. The van der Waals surface area contributed by atoms with Gasteiger partial charge in [0.05, 0.1) is 11.9 Å². The third-order valence-corrected chi connectivity index (χ3v) is 3.41. The quantitative estimate of drug-likeness (QED) is 0.750. The van der Waals surface area contributed by atoms with Crippen molar-refractivity contribution in [3.8, 4) is 22.8 Å². The molecule has 2 N–H and O–H groups in total. The van der Waals surface area contributed by atoms with Gasteiger partial charge in [0, 0.05) is 11.3 Å². The fraction of sp³-hybridized carbons (Fsp3) is 0.0769. The molecule has 0 aliphatic rings. The molecule has 3 aromatic rings. The summed E-state index contributed by atoms with van der Waals surface area (Å²) in [6, 6.07) is 12.4. The summed E-state index contributed by atoms with van der Waals surface area (Å²) in [5, 5.41) is 13.7. The van der Waals surface area contributed by atoms with Crippen LogP contribution in [-0.4, -0.2) is 40.3 Å². The van der Waals surface area contributed by atoms with Gasteiger partial charge in [0.1, 0.15) is 5.69 Å². The molecule has 0 atom stereocenters. The van der Waals surface area contributed by atoms with E-state index in [1.165, 1.54) is 0 Å². The van der Waals surface area contributed by atoms with E-state index in [0.717, 1.165) is 17.5 Å². The average Bonchev–Trinajstić information content (AvgIpc) is 3.01. The van der Waals surface area contributed by atoms with Gasteiger partial charge in [-0.25, -0.2) is 13.4 Å². The Morgan fingerprint density at radius 3 is 2.41 bits per heavy atom. The highest BCUT2D eigenvalue weighted by atomic mass is 32.2. The summed E-state index contributed by atoms with van der Waals surface area (Å²) in [5.74, 6) is 0.414. The van der Waals surface area contributed by atoms with E-state index in [1.807, 2.05) is 12.1 Å². The van der Waals surface area contributed by atoms with E-state index in [1.54, 1.807) is 30.3 Å². The monoisotopic (exact) mass is 316 g/mol. The van der Waals surface area contributed by atoms with E-state index >= 15 is 0 Å². The molecule has 0 aliphatic heterocycles. The highest BCUT2D eigenvalue weighted by molar-refractivity contribution is 7.92. The molecule has 0 bridgehead atoms. The molecule has 0 radical (unpaired) electrons. The fourth-order valence-corrected chi connectivity index (χ4v) is 2.48. The molecular formula is C13H12N6O2S. The van der Waals surface area contributed by atoms with Crippen LogP contribution in [0.1, 0.15) is 0 Å². The molecule has 0 spiro atoms. The Labute approximate surface area is 126 Å². The first-order chi connectivity index (χ1) is 10.5. The van der Waals surface area contributed by atoms with Crippen molar-refractivity contribution in [3.63, 3.8) is 0 Å². The summed E-state index contributed by atoms with van der Waals surface area (Å²) >= 11 is 0. The van der Waals surface area contributed by atoms with Gasteiger partial charge in [0.25, 0.3) is 0 Å². The maximum Gasteiger partial charge on any atom is 0.229 e. The highest BCUT2D eigenvalue weighted by Crippen LogP contribution is 2.22. The molecule has 0 saturated carbocycles.